The summed E-state index contributed by atoms with van der Waals surface area (Å²) in [5, 5.41) is 4.52. The van der Waals surface area contributed by atoms with Gasteiger partial charge in [-0.1, -0.05) is 40.9 Å². The van der Waals surface area contributed by atoms with Gasteiger partial charge in [0.25, 0.3) is 0 Å². The summed E-state index contributed by atoms with van der Waals surface area (Å²) >= 11 is 12.1. The van der Waals surface area contributed by atoms with Crippen molar-refractivity contribution >= 4 is 28.9 Å². The van der Waals surface area contributed by atoms with Crippen molar-refractivity contribution in [3.8, 4) is 11.3 Å². The minimum Gasteiger partial charge on any atom is -0.459 e. The van der Waals surface area contributed by atoms with Crippen LogP contribution < -0.4 is 5.32 Å². The number of rotatable bonds is 4. The standard InChI is InChI=1S/C18H15Cl2NO/c1-12-2-5-14(6-3-12)21-11-15-7-9-18(22-15)16-8-4-13(19)10-17(16)20/h2-10,21H,11H2,1H3. The number of furan rings is 1. The Kier molecular flexibility index (Phi) is 4.41. The van der Waals surface area contributed by atoms with E-state index in [1.54, 1.807) is 12.1 Å². The van der Waals surface area contributed by atoms with E-state index in [1.165, 1.54) is 5.56 Å². The van der Waals surface area contributed by atoms with E-state index in [0.717, 1.165) is 22.8 Å². The zero-order valence-electron chi connectivity index (χ0n) is 12.1. The second-order valence-corrected chi connectivity index (χ2v) is 5.95. The highest BCUT2D eigenvalue weighted by molar-refractivity contribution is 6.36. The zero-order chi connectivity index (χ0) is 15.5. The van der Waals surface area contributed by atoms with Gasteiger partial charge in [-0.25, -0.2) is 0 Å². The number of anilines is 1. The van der Waals surface area contributed by atoms with Crippen LogP contribution in [-0.2, 0) is 6.54 Å². The quantitative estimate of drug-likeness (QED) is 0.618. The molecule has 0 bridgehead atoms. The van der Waals surface area contributed by atoms with Crippen LogP contribution in [0.3, 0.4) is 0 Å². The van der Waals surface area contributed by atoms with Crippen LogP contribution >= 0.6 is 23.2 Å². The maximum absolute atomic E-state index is 6.20. The van der Waals surface area contributed by atoms with Crippen LogP contribution in [-0.4, -0.2) is 0 Å². The molecule has 0 spiro atoms. The molecule has 0 saturated carbocycles. The van der Waals surface area contributed by atoms with Crippen LogP contribution in [0.2, 0.25) is 10.0 Å². The summed E-state index contributed by atoms with van der Waals surface area (Å²) in [7, 11) is 0. The Morgan fingerprint density at radius 2 is 1.73 bits per heavy atom. The first kappa shape index (κ1) is 15.0. The fourth-order valence-corrected chi connectivity index (χ4v) is 2.67. The molecule has 0 saturated heterocycles. The van der Waals surface area contributed by atoms with Gasteiger partial charge < -0.3 is 9.73 Å². The molecule has 1 aromatic heterocycles. The minimum atomic E-state index is 0.583. The molecule has 0 radical (unpaired) electrons. The Hall–Kier alpha value is -1.90. The summed E-state index contributed by atoms with van der Waals surface area (Å²) < 4.78 is 5.85. The Morgan fingerprint density at radius 3 is 2.45 bits per heavy atom. The van der Waals surface area contributed by atoms with Gasteiger partial charge >= 0.3 is 0 Å². The molecule has 3 rings (SSSR count). The molecule has 1 heterocycles. The van der Waals surface area contributed by atoms with E-state index >= 15 is 0 Å². The summed E-state index contributed by atoms with van der Waals surface area (Å²) in [5.74, 6) is 1.59. The van der Waals surface area contributed by atoms with E-state index in [0.29, 0.717) is 16.6 Å². The lowest BCUT2D eigenvalue weighted by Gasteiger charge is -2.05. The van der Waals surface area contributed by atoms with Crippen molar-refractivity contribution < 1.29 is 4.42 Å². The lowest BCUT2D eigenvalue weighted by molar-refractivity contribution is 0.531. The predicted molar refractivity (Wildman–Crippen MR) is 92.7 cm³/mol. The zero-order valence-corrected chi connectivity index (χ0v) is 13.6. The molecular weight excluding hydrogens is 317 g/mol. The molecule has 4 heteroatoms. The average molecular weight is 332 g/mol. The van der Waals surface area contributed by atoms with Gasteiger partial charge in [0, 0.05) is 16.3 Å². The second-order valence-electron chi connectivity index (χ2n) is 5.11. The van der Waals surface area contributed by atoms with Gasteiger partial charge in [-0.3, -0.25) is 0 Å². The Labute approximate surface area is 139 Å². The first-order chi connectivity index (χ1) is 10.6. The fraction of sp³-hybridized carbons (Fsp3) is 0.111. The van der Waals surface area contributed by atoms with Crippen LogP contribution in [0.15, 0.2) is 59.0 Å². The van der Waals surface area contributed by atoms with Crippen LogP contribution in [0.1, 0.15) is 11.3 Å². The van der Waals surface area contributed by atoms with Gasteiger partial charge in [0.15, 0.2) is 0 Å². The lowest BCUT2D eigenvalue weighted by atomic mass is 10.2. The number of hydrogen-bond donors (Lipinski definition) is 1. The van der Waals surface area contributed by atoms with Crippen LogP contribution in [0.4, 0.5) is 5.69 Å². The largest absolute Gasteiger partial charge is 0.459 e. The SMILES string of the molecule is Cc1ccc(NCc2ccc(-c3ccc(Cl)cc3Cl)o2)cc1. The Balaban J connectivity index is 1.72. The molecule has 0 aliphatic rings. The summed E-state index contributed by atoms with van der Waals surface area (Å²) in [4.78, 5) is 0. The van der Waals surface area contributed by atoms with E-state index in [4.69, 9.17) is 27.6 Å². The summed E-state index contributed by atoms with van der Waals surface area (Å²) in [6.45, 7) is 2.69. The average Bonchev–Trinajstić information content (AvgIpc) is 2.95. The van der Waals surface area contributed by atoms with E-state index in [2.05, 4.69) is 36.5 Å². The predicted octanol–water partition coefficient (Wildman–Crippen LogP) is 6.17. The van der Waals surface area contributed by atoms with Crippen molar-refractivity contribution in [3.05, 3.63) is 76.0 Å². The molecule has 3 aromatic rings. The van der Waals surface area contributed by atoms with Crippen molar-refractivity contribution in [1.29, 1.82) is 0 Å². The number of nitrogens with one attached hydrogen (secondary N) is 1. The van der Waals surface area contributed by atoms with Crippen LogP contribution in [0, 0.1) is 6.92 Å². The first-order valence-electron chi connectivity index (χ1n) is 6.96. The Bertz CT molecular complexity index is 778. The monoisotopic (exact) mass is 331 g/mol. The van der Waals surface area contributed by atoms with Gasteiger partial charge in [-0.2, -0.15) is 0 Å². The van der Waals surface area contributed by atoms with Gasteiger partial charge in [0.1, 0.15) is 11.5 Å². The van der Waals surface area contributed by atoms with Crippen molar-refractivity contribution in [2.24, 2.45) is 0 Å². The number of aryl methyl sites for hydroxylation is 1. The third-order valence-corrected chi connectivity index (χ3v) is 3.92. The first-order valence-corrected chi connectivity index (χ1v) is 7.72. The molecule has 2 nitrogen and oxygen atoms in total. The van der Waals surface area contributed by atoms with Crippen molar-refractivity contribution in [1.82, 2.24) is 0 Å². The third-order valence-electron chi connectivity index (χ3n) is 3.38. The third kappa shape index (κ3) is 3.46. The van der Waals surface area contributed by atoms with Crippen LogP contribution in [0.25, 0.3) is 11.3 Å². The van der Waals surface area contributed by atoms with Crippen LogP contribution in [0.5, 0.6) is 0 Å². The van der Waals surface area contributed by atoms with Gasteiger partial charge in [-0.15, -0.1) is 0 Å². The number of hydrogen-bond acceptors (Lipinski definition) is 2. The van der Waals surface area contributed by atoms with Crippen molar-refractivity contribution in [2.75, 3.05) is 5.32 Å². The molecule has 0 atom stereocenters. The molecule has 2 aromatic carbocycles. The fourth-order valence-electron chi connectivity index (χ4n) is 2.17. The maximum Gasteiger partial charge on any atom is 0.135 e. The van der Waals surface area contributed by atoms with Crippen molar-refractivity contribution in [2.45, 2.75) is 13.5 Å². The number of halogens is 2. The van der Waals surface area contributed by atoms with E-state index < -0.39 is 0 Å². The number of benzene rings is 2. The topological polar surface area (TPSA) is 25.2 Å². The molecule has 0 amide bonds. The molecule has 1 N–H and O–H groups in total. The highest BCUT2D eigenvalue weighted by Crippen LogP contribution is 2.31. The smallest absolute Gasteiger partial charge is 0.135 e. The summed E-state index contributed by atoms with van der Waals surface area (Å²) in [5.41, 5.74) is 3.14. The molecule has 0 aliphatic carbocycles. The Morgan fingerprint density at radius 1 is 0.955 bits per heavy atom. The minimum absolute atomic E-state index is 0.583. The van der Waals surface area contributed by atoms with Gasteiger partial charge in [-0.05, 0) is 49.4 Å². The highest BCUT2D eigenvalue weighted by Gasteiger charge is 2.09. The normalized spacial score (nSPS) is 10.7. The molecular formula is C18H15Cl2NO. The van der Waals surface area contributed by atoms with Gasteiger partial charge in [0.2, 0.25) is 0 Å². The molecule has 0 aliphatic heterocycles. The molecule has 0 fully saturated rings. The van der Waals surface area contributed by atoms with E-state index in [9.17, 15) is 0 Å². The summed E-state index contributed by atoms with van der Waals surface area (Å²) in [6, 6.07) is 17.5. The molecule has 112 valence electrons. The van der Waals surface area contributed by atoms with Crippen molar-refractivity contribution in [3.63, 3.8) is 0 Å². The summed E-state index contributed by atoms with van der Waals surface area (Å²) in [6.07, 6.45) is 0. The lowest BCUT2D eigenvalue weighted by Crippen LogP contribution is -1.97. The van der Waals surface area contributed by atoms with E-state index in [1.807, 2.05) is 18.2 Å². The maximum atomic E-state index is 6.20. The highest BCUT2D eigenvalue weighted by atomic mass is 35.5. The second kappa shape index (κ2) is 6.47. The molecule has 22 heavy (non-hydrogen) atoms. The van der Waals surface area contributed by atoms with E-state index in [-0.39, 0.29) is 0 Å². The van der Waals surface area contributed by atoms with Gasteiger partial charge in [0.05, 0.1) is 11.6 Å². The molecule has 0 unspecified atom stereocenters.